The lowest BCUT2D eigenvalue weighted by Gasteiger charge is -2.16. The molecular weight excluding hydrogens is 350 g/mol. The Balaban J connectivity index is 1.76. The standard InChI is InChI=1S/C16H18BrNO2S/c1-12-11-14(21-15(12)17)16(19)18(2)9-6-10-20-13-7-4-3-5-8-13/h3-5,7-8,11H,6,9-10H2,1-2H3. The summed E-state index contributed by atoms with van der Waals surface area (Å²) in [7, 11) is 1.83. The number of thiophene rings is 1. The highest BCUT2D eigenvalue weighted by molar-refractivity contribution is 9.11. The largest absolute Gasteiger partial charge is 0.494 e. The van der Waals surface area contributed by atoms with Crippen molar-refractivity contribution in [3.63, 3.8) is 0 Å². The van der Waals surface area contributed by atoms with Crippen LogP contribution in [0.3, 0.4) is 0 Å². The first-order chi connectivity index (χ1) is 10.1. The van der Waals surface area contributed by atoms with Crippen molar-refractivity contribution in [3.05, 3.63) is 50.6 Å². The molecular formula is C16H18BrNO2S. The number of hydrogen-bond donors (Lipinski definition) is 0. The van der Waals surface area contributed by atoms with Gasteiger partial charge in [0.25, 0.3) is 5.91 Å². The lowest BCUT2D eigenvalue weighted by Crippen LogP contribution is -2.28. The molecule has 1 amide bonds. The van der Waals surface area contributed by atoms with Crippen LogP contribution in [0.2, 0.25) is 0 Å². The number of hydrogen-bond acceptors (Lipinski definition) is 3. The number of para-hydroxylation sites is 1. The Labute approximate surface area is 137 Å². The average Bonchev–Trinajstić information content (AvgIpc) is 2.83. The molecule has 0 radical (unpaired) electrons. The van der Waals surface area contributed by atoms with Gasteiger partial charge in [0.05, 0.1) is 15.3 Å². The fourth-order valence-corrected chi connectivity index (χ4v) is 3.39. The number of rotatable bonds is 6. The van der Waals surface area contributed by atoms with E-state index in [1.165, 1.54) is 11.3 Å². The Morgan fingerprint density at radius 2 is 2.05 bits per heavy atom. The van der Waals surface area contributed by atoms with E-state index in [-0.39, 0.29) is 5.91 Å². The summed E-state index contributed by atoms with van der Waals surface area (Å²) >= 11 is 4.93. The second kappa shape index (κ2) is 7.61. The third kappa shape index (κ3) is 4.58. The van der Waals surface area contributed by atoms with Gasteiger partial charge in [-0.25, -0.2) is 0 Å². The normalized spacial score (nSPS) is 10.4. The number of carbonyl (C=O) groups excluding carboxylic acids is 1. The average molecular weight is 368 g/mol. The molecule has 5 heteroatoms. The van der Waals surface area contributed by atoms with E-state index in [1.807, 2.05) is 50.4 Å². The first kappa shape index (κ1) is 16.0. The zero-order chi connectivity index (χ0) is 15.2. The predicted molar refractivity (Wildman–Crippen MR) is 90.3 cm³/mol. The Kier molecular flexibility index (Phi) is 5.82. The maximum Gasteiger partial charge on any atom is 0.263 e. The fraction of sp³-hybridized carbons (Fsp3) is 0.312. The Morgan fingerprint density at radius 1 is 1.33 bits per heavy atom. The summed E-state index contributed by atoms with van der Waals surface area (Å²) in [5.74, 6) is 0.929. The Hall–Kier alpha value is -1.33. The second-order valence-corrected chi connectivity index (χ2v) is 7.18. The Bertz CT molecular complexity index is 578. The zero-order valence-corrected chi connectivity index (χ0v) is 14.5. The van der Waals surface area contributed by atoms with Crippen LogP contribution in [0, 0.1) is 6.92 Å². The maximum absolute atomic E-state index is 12.2. The number of nitrogens with zero attached hydrogens (tertiary/aromatic N) is 1. The summed E-state index contributed by atoms with van der Waals surface area (Å²) in [4.78, 5) is 14.8. The highest BCUT2D eigenvalue weighted by atomic mass is 79.9. The molecule has 0 fully saturated rings. The molecule has 1 aromatic heterocycles. The smallest absolute Gasteiger partial charge is 0.263 e. The van der Waals surface area contributed by atoms with Gasteiger partial charge in [-0.2, -0.15) is 0 Å². The monoisotopic (exact) mass is 367 g/mol. The molecule has 0 aliphatic rings. The molecule has 0 unspecified atom stereocenters. The van der Waals surface area contributed by atoms with Crippen LogP contribution in [0.5, 0.6) is 5.75 Å². The van der Waals surface area contributed by atoms with E-state index in [0.717, 1.165) is 26.4 Å². The highest BCUT2D eigenvalue weighted by Crippen LogP contribution is 2.28. The minimum Gasteiger partial charge on any atom is -0.494 e. The lowest BCUT2D eigenvalue weighted by atomic mass is 10.3. The molecule has 0 saturated heterocycles. The Morgan fingerprint density at radius 3 is 2.67 bits per heavy atom. The number of carbonyl (C=O) groups is 1. The first-order valence-electron chi connectivity index (χ1n) is 6.77. The summed E-state index contributed by atoms with van der Waals surface area (Å²) in [6, 6.07) is 11.6. The summed E-state index contributed by atoms with van der Waals surface area (Å²) < 4.78 is 6.64. The van der Waals surface area contributed by atoms with Crippen molar-refractivity contribution in [1.29, 1.82) is 0 Å². The van der Waals surface area contributed by atoms with Crippen LogP contribution in [0.25, 0.3) is 0 Å². The van der Waals surface area contributed by atoms with E-state index < -0.39 is 0 Å². The minimum atomic E-state index is 0.0634. The topological polar surface area (TPSA) is 29.5 Å². The van der Waals surface area contributed by atoms with Crippen LogP contribution in [0.15, 0.2) is 40.2 Å². The number of halogens is 1. The summed E-state index contributed by atoms with van der Waals surface area (Å²) in [5.41, 5.74) is 1.10. The number of amides is 1. The molecule has 0 aliphatic carbocycles. The van der Waals surface area contributed by atoms with Crippen molar-refractivity contribution in [1.82, 2.24) is 4.90 Å². The molecule has 0 aliphatic heterocycles. The quantitative estimate of drug-likeness (QED) is 0.709. The van der Waals surface area contributed by atoms with Crippen molar-refractivity contribution < 1.29 is 9.53 Å². The van der Waals surface area contributed by atoms with Gasteiger partial charge in [-0.15, -0.1) is 11.3 Å². The van der Waals surface area contributed by atoms with E-state index in [4.69, 9.17) is 4.74 Å². The number of aryl methyl sites for hydroxylation is 1. The molecule has 2 aromatic rings. The summed E-state index contributed by atoms with van der Waals surface area (Å²) in [6.07, 6.45) is 0.808. The zero-order valence-electron chi connectivity index (χ0n) is 12.1. The van der Waals surface area contributed by atoms with Crippen molar-refractivity contribution in [2.24, 2.45) is 0 Å². The molecule has 0 spiro atoms. The van der Waals surface area contributed by atoms with Gasteiger partial charge in [0, 0.05) is 13.6 Å². The maximum atomic E-state index is 12.2. The minimum absolute atomic E-state index is 0.0634. The molecule has 0 bridgehead atoms. The van der Waals surface area contributed by atoms with Gasteiger partial charge in [0.1, 0.15) is 5.75 Å². The van der Waals surface area contributed by atoms with Gasteiger partial charge in [-0.3, -0.25) is 4.79 Å². The molecule has 2 rings (SSSR count). The molecule has 112 valence electrons. The van der Waals surface area contributed by atoms with Crippen molar-refractivity contribution >= 4 is 33.2 Å². The van der Waals surface area contributed by atoms with Crippen LogP contribution in [0.4, 0.5) is 0 Å². The lowest BCUT2D eigenvalue weighted by molar-refractivity contribution is 0.0792. The van der Waals surface area contributed by atoms with E-state index >= 15 is 0 Å². The van der Waals surface area contributed by atoms with Gasteiger partial charge < -0.3 is 9.64 Å². The van der Waals surface area contributed by atoms with Crippen molar-refractivity contribution in [2.45, 2.75) is 13.3 Å². The molecule has 0 N–H and O–H groups in total. The van der Waals surface area contributed by atoms with E-state index in [1.54, 1.807) is 4.90 Å². The van der Waals surface area contributed by atoms with Gasteiger partial charge in [0.2, 0.25) is 0 Å². The fourth-order valence-electron chi connectivity index (χ4n) is 1.86. The summed E-state index contributed by atoms with van der Waals surface area (Å²) in [5, 5.41) is 0. The molecule has 1 aromatic carbocycles. The molecule has 21 heavy (non-hydrogen) atoms. The van der Waals surface area contributed by atoms with E-state index in [2.05, 4.69) is 15.9 Å². The van der Waals surface area contributed by atoms with Gasteiger partial charge in [-0.05, 0) is 53.0 Å². The molecule has 0 atom stereocenters. The van der Waals surface area contributed by atoms with Crippen LogP contribution >= 0.6 is 27.3 Å². The summed E-state index contributed by atoms with van der Waals surface area (Å²) in [6.45, 7) is 3.28. The predicted octanol–water partition coefficient (Wildman–Crippen LogP) is 4.36. The van der Waals surface area contributed by atoms with Crippen molar-refractivity contribution in [3.8, 4) is 5.75 Å². The van der Waals surface area contributed by atoms with Gasteiger partial charge >= 0.3 is 0 Å². The van der Waals surface area contributed by atoms with Crippen LogP contribution in [-0.4, -0.2) is 31.0 Å². The van der Waals surface area contributed by atoms with Gasteiger partial charge in [0.15, 0.2) is 0 Å². The number of ether oxygens (including phenoxy) is 1. The van der Waals surface area contributed by atoms with E-state index in [9.17, 15) is 4.79 Å². The van der Waals surface area contributed by atoms with E-state index in [0.29, 0.717) is 13.2 Å². The third-order valence-corrected chi connectivity index (χ3v) is 5.19. The third-order valence-electron chi connectivity index (χ3n) is 3.06. The van der Waals surface area contributed by atoms with Crippen LogP contribution in [-0.2, 0) is 0 Å². The molecule has 0 saturated carbocycles. The first-order valence-corrected chi connectivity index (χ1v) is 8.38. The van der Waals surface area contributed by atoms with Crippen molar-refractivity contribution in [2.75, 3.05) is 20.2 Å². The molecule has 1 heterocycles. The number of benzene rings is 1. The molecule has 3 nitrogen and oxygen atoms in total. The van der Waals surface area contributed by atoms with Crippen LogP contribution < -0.4 is 4.74 Å². The highest BCUT2D eigenvalue weighted by Gasteiger charge is 2.15. The van der Waals surface area contributed by atoms with Crippen LogP contribution in [0.1, 0.15) is 21.7 Å². The second-order valence-electron chi connectivity index (χ2n) is 4.81. The SMILES string of the molecule is Cc1cc(C(=O)N(C)CCCOc2ccccc2)sc1Br. The van der Waals surface area contributed by atoms with Gasteiger partial charge in [-0.1, -0.05) is 18.2 Å².